The SMILES string of the molecule is Cc1cc(C(=O)CN2CC(C)CC(C)C2)c(C)n1-c1ccc([N+](=O)[O-])cc1. The monoisotopic (exact) mass is 369 g/mol. The van der Waals surface area contributed by atoms with Gasteiger partial charge in [-0.1, -0.05) is 13.8 Å². The van der Waals surface area contributed by atoms with E-state index in [0.29, 0.717) is 18.4 Å². The van der Waals surface area contributed by atoms with Gasteiger partial charge in [0.15, 0.2) is 5.78 Å². The summed E-state index contributed by atoms with van der Waals surface area (Å²) in [6.45, 7) is 10.8. The van der Waals surface area contributed by atoms with Crippen LogP contribution in [-0.4, -0.2) is 39.8 Å². The topological polar surface area (TPSA) is 68.4 Å². The molecular weight excluding hydrogens is 342 g/mol. The number of hydrogen-bond acceptors (Lipinski definition) is 4. The van der Waals surface area contributed by atoms with Crippen molar-refractivity contribution in [2.75, 3.05) is 19.6 Å². The van der Waals surface area contributed by atoms with E-state index in [4.69, 9.17) is 0 Å². The molecule has 2 atom stereocenters. The van der Waals surface area contributed by atoms with E-state index in [-0.39, 0.29) is 11.5 Å². The minimum absolute atomic E-state index is 0.0610. The highest BCUT2D eigenvalue weighted by molar-refractivity contribution is 5.99. The summed E-state index contributed by atoms with van der Waals surface area (Å²) in [5.74, 6) is 1.38. The van der Waals surface area contributed by atoms with Crippen LogP contribution < -0.4 is 0 Å². The second-order valence-corrected chi connectivity index (χ2v) is 7.96. The molecule has 1 saturated heterocycles. The minimum Gasteiger partial charge on any atom is -0.318 e. The Morgan fingerprint density at radius 1 is 1.15 bits per heavy atom. The Hall–Kier alpha value is -2.47. The number of piperidine rings is 1. The van der Waals surface area contributed by atoms with Crippen molar-refractivity contribution >= 4 is 11.5 Å². The Bertz CT molecular complexity index is 844. The first-order valence-corrected chi connectivity index (χ1v) is 9.45. The molecule has 0 amide bonds. The van der Waals surface area contributed by atoms with E-state index in [1.807, 2.05) is 24.5 Å². The third kappa shape index (κ3) is 4.11. The molecule has 1 aliphatic rings. The second kappa shape index (κ2) is 7.64. The van der Waals surface area contributed by atoms with Crippen molar-refractivity contribution in [3.63, 3.8) is 0 Å². The maximum absolute atomic E-state index is 12.9. The van der Waals surface area contributed by atoms with Crippen LogP contribution in [0.1, 0.15) is 42.0 Å². The molecule has 0 saturated carbocycles. The maximum Gasteiger partial charge on any atom is 0.269 e. The molecule has 6 nitrogen and oxygen atoms in total. The van der Waals surface area contributed by atoms with Gasteiger partial charge in [-0.25, -0.2) is 0 Å². The molecule has 1 fully saturated rings. The summed E-state index contributed by atoms with van der Waals surface area (Å²) in [6, 6.07) is 8.36. The van der Waals surface area contributed by atoms with Crippen LogP contribution >= 0.6 is 0 Å². The highest BCUT2D eigenvalue weighted by Crippen LogP contribution is 2.25. The number of nitro benzene ring substituents is 1. The maximum atomic E-state index is 12.9. The summed E-state index contributed by atoms with van der Waals surface area (Å²) in [5.41, 5.74) is 3.45. The number of non-ortho nitro benzene ring substituents is 1. The fourth-order valence-electron chi connectivity index (χ4n) is 4.38. The van der Waals surface area contributed by atoms with Gasteiger partial charge in [0.25, 0.3) is 5.69 Å². The number of likely N-dealkylation sites (tertiary alicyclic amines) is 1. The van der Waals surface area contributed by atoms with Crippen LogP contribution in [0.25, 0.3) is 5.69 Å². The van der Waals surface area contributed by atoms with Crippen LogP contribution in [-0.2, 0) is 0 Å². The summed E-state index contributed by atoms with van der Waals surface area (Å²) in [5, 5.41) is 10.9. The highest BCUT2D eigenvalue weighted by atomic mass is 16.6. The summed E-state index contributed by atoms with van der Waals surface area (Å²) >= 11 is 0. The van der Waals surface area contributed by atoms with Crippen LogP contribution in [0.2, 0.25) is 0 Å². The molecule has 0 bridgehead atoms. The molecule has 1 aromatic heterocycles. The van der Waals surface area contributed by atoms with E-state index in [1.165, 1.54) is 18.6 Å². The van der Waals surface area contributed by atoms with E-state index >= 15 is 0 Å². The van der Waals surface area contributed by atoms with Gasteiger partial charge >= 0.3 is 0 Å². The number of hydrogen-bond donors (Lipinski definition) is 0. The third-order valence-corrected chi connectivity index (χ3v) is 5.36. The molecule has 0 radical (unpaired) electrons. The van der Waals surface area contributed by atoms with Crippen molar-refractivity contribution in [1.82, 2.24) is 9.47 Å². The number of nitrogens with zero attached hydrogens (tertiary/aromatic N) is 3. The number of aryl methyl sites for hydroxylation is 1. The van der Waals surface area contributed by atoms with Crippen molar-refractivity contribution in [1.29, 1.82) is 0 Å². The lowest BCUT2D eigenvalue weighted by atomic mass is 9.91. The van der Waals surface area contributed by atoms with Crippen molar-refractivity contribution in [2.45, 2.75) is 34.1 Å². The molecule has 2 heterocycles. The standard InChI is InChI=1S/C21H27N3O3/c1-14-9-15(2)12-22(11-14)13-21(25)20-10-16(3)23(17(20)4)18-5-7-19(8-6-18)24(26)27/h5-8,10,14-15H,9,11-13H2,1-4H3. The predicted molar refractivity (Wildman–Crippen MR) is 106 cm³/mol. The predicted octanol–water partition coefficient (Wildman–Crippen LogP) is 4.16. The summed E-state index contributed by atoms with van der Waals surface area (Å²) in [4.78, 5) is 25.7. The van der Waals surface area contributed by atoms with Gasteiger partial charge in [0, 0.05) is 47.9 Å². The normalized spacial score (nSPS) is 20.6. The smallest absolute Gasteiger partial charge is 0.269 e. The number of ketones is 1. The molecule has 1 aliphatic heterocycles. The highest BCUT2D eigenvalue weighted by Gasteiger charge is 2.25. The number of nitro groups is 1. The Morgan fingerprint density at radius 3 is 2.30 bits per heavy atom. The van der Waals surface area contributed by atoms with Crippen molar-refractivity contribution < 1.29 is 9.72 Å². The fourth-order valence-corrected chi connectivity index (χ4v) is 4.38. The number of Topliss-reactive ketones (excluding diaryl/α,β-unsaturated/α-hetero) is 1. The lowest BCUT2D eigenvalue weighted by molar-refractivity contribution is -0.384. The zero-order valence-electron chi connectivity index (χ0n) is 16.4. The van der Waals surface area contributed by atoms with Crippen molar-refractivity contribution in [3.05, 3.63) is 57.4 Å². The van der Waals surface area contributed by atoms with Gasteiger partial charge in [0.1, 0.15) is 0 Å². The first kappa shape index (κ1) is 19.3. The Labute approximate surface area is 159 Å². The van der Waals surface area contributed by atoms with Crippen LogP contribution in [0.3, 0.4) is 0 Å². The van der Waals surface area contributed by atoms with E-state index in [1.54, 1.807) is 12.1 Å². The van der Waals surface area contributed by atoms with Gasteiger partial charge in [-0.2, -0.15) is 0 Å². The quantitative estimate of drug-likeness (QED) is 0.451. The molecule has 27 heavy (non-hydrogen) atoms. The van der Waals surface area contributed by atoms with Gasteiger partial charge in [-0.15, -0.1) is 0 Å². The minimum atomic E-state index is -0.408. The number of carbonyl (C=O) groups is 1. The van der Waals surface area contributed by atoms with Crippen LogP contribution in [0.15, 0.2) is 30.3 Å². The molecule has 0 aliphatic carbocycles. The first-order chi connectivity index (χ1) is 12.8. The number of carbonyl (C=O) groups excluding carboxylic acids is 1. The molecule has 2 aromatic rings. The molecular formula is C21H27N3O3. The Kier molecular flexibility index (Phi) is 5.46. The van der Waals surface area contributed by atoms with Gasteiger partial charge in [-0.3, -0.25) is 19.8 Å². The van der Waals surface area contributed by atoms with Crippen LogP contribution in [0.5, 0.6) is 0 Å². The Morgan fingerprint density at radius 2 is 1.74 bits per heavy atom. The largest absolute Gasteiger partial charge is 0.318 e. The third-order valence-electron chi connectivity index (χ3n) is 5.36. The van der Waals surface area contributed by atoms with E-state index < -0.39 is 4.92 Å². The summed E-state index contributed by atoms with van der Waals surface area (Å²) in [6.07, 6.45) is 1.22. The second-order valence-electron chi connectivity index (χ2n) is 7.96. The number of rotatable bonds is 5. The zero-order chi connectivity index (χ0) is 19.7. The lowest BCUT2D eigenvalue weighted by Crippen LogP contribution is -2.41. The average Bonchev–Trinajstić information content (AvgIpc) is 2.88. The lowest BCUT2D eigenvalue weighted by Gasteiger charge is -2.34. The zero-order valence-corrected chi connectivity index (χ0v) is 16.4. The van der Waals surface area contributed by atoms with E-state index in [0.717, 1.165) is 35.7 Å². The van der Waals surface area contributed by atoms with Gasteiger partial charge in [-0.05, 0) is 50.3 Å². The molecule has 1 aromatic carbocycles. The van der Waals surface area contributed by atoms with Crippen molar-refractivity contribution in [3.8, 4) is 5.69 Å². The van der Waals surface area contributed by atoms with E-state index in [9.17, 15) is 14.9 Å². The summed E-state index contributed by atoms with van der Waals surface area (Å²) in [7, 11) is 0. The molecule has 0 spiro atoms. The van der Waals surface area contributed by atoms with Crippen LogP contribution in [0.4, 0.5) is 5.69 Å². The van der Waals surface area contributed by atoms with Gasteiger partial charge in [0.05, 0.1) is 11.5 Å². The fraction of sp³-hybridized carbons (Fsp3) is 0.476. The molecule has 2 unspecified atom stereocenters. The number of benzene rings is 1. The first-order valence-electron chi connectivity index (χ1n) is 9.45. The average molecular weight is 369 g/mol. The van der Waals surface area contributed by atoms with Gasteiger partial charge in [0.2, 0.25) is 0 Å². The van der Waals surface area contributed by atoms with E-state index in [2.05, 4.69) is 18.7 Å². The Balaban J connectivity index is 1.82. The molecule has 144 valence electrons. The van der Waals surface area contributed by atoms with Gasteiger partial charge < -0.3 is 4.57 Å². The van der Waals surface area contributed by atoms with Crippen LogP contribution in [0, 0.1) is 35.8 Å². The molecule has 6 heteroatoms. The molecule has 0 N–H and O–H groups in total. The van der Waals surface area contributed by atoms with Crippen molar-refractivity contribution in [2.24, 2.45) is 11.8 Å². The summed E-state index contributed by atoms with van der Waals surface area (Å²) < 4.78 is 1.98. The number of aromatic nitrogens is 1. The molecule has 3 rings (SSSR count).